The summed E-state index contributed by atoms with van der Waals surface area (Å²) >= 11 is 0. The molecule has 0 amide bonds. The van der Waals surface area contributed by atoms with E-state index in [1.165, 1.54) is 50.1 Å². The molecule has 0 atom stereocenters. The van der Waals surface area contributed by atoms with Gasteiger partial charge >= 0.3 is 0 Å². The SMILES string of the molecule is Cc1cccc2c1N1C(=Cc3cccc4ccc(C)c1c34)C2. The first-order valence-electron chi connectivity index (χ1n) is 7.85. The topological polar surface area (TPSA) is 3.24 Å². The number of para-hydroxylation sites is 1. The van der Waals surface area contributed by atoms with Gasteiger partial charge in [-0.25, -0.2) is 0 Å². The number of anilines is 2. The number of aryl methyl sites for hydroxylation is 2. The Hall–Kier alpha value is -2.54. The lowest BCUT2D eigenvalue weighted by Gasteiger charge is -2.30. The van der Waals surface area contributed by atoms with E-state index in [0.717, 1.165) is 6.42 Å². The Labute approximate surface area is 130 Å². The number of benzene rings is 3. The highest BCUT2D eigenvalue weighted by atomic mass is 15.2. The highest BCUT2D eigenvalue weighted by Gasteiger charge is 2.31. The van der Waals surface area contributed by atoms with Crippen molar-refractivity contribution in [1.82, 2.24) is 0 Å². The minimum atomic E-state index is 1.03. The molecule has 0 fully saturated rings. The molecule has 3 aromatic rings. The first-order valence-corrected chi connectivity index (χ1v) is 7.85. The zero-order chi connectivity index (χ0) is 14.8. The van der Waals surface area contributed by atoms with E-state index in [-0.39, 0.29) is 0 Å². The maximum absolute atomic E-state index is 2.50. The minimum Gasteiger partial charge on any atom is -0.312 e. The van der Waals surface area contributed by atoms with E-state index in [4.69, 9.17) is 0 Å². The molecule has 1 nitrogen and oxygen atoms in total. The van der Waals surface area contributed by atoms with Gasteiger partial charge in [-0.3, -0.25) is 0 Å². The van der Waals surface area contributed by atoms with E-state index in [1.54, 1.807) is 0 Å². The van der Waals surface area contributed by atoms with Crippen LogP contribution in [0.25, 0.3) is 16.8 Å². The summed E-state index contributed by atoms with van der Waals surface area (Å²) in [7, 11) is 0. The normalized spacial score (nSPS) is 14.8. The molecule has 1 heteroatoms. The number of allylic oxidation sites excluding steroid dienone is 1. The lowest BCUT2D eigenvalue weighted by Crippen LogP contribution is -2.17. The van der Waals surface area contributed by atoms with Crippen molar-refractivity contribution < 1.29 is 0 Å². The highest BCUT2D eigenvalue weighted by Crippen LogP contribution is 2.50. The van der Waals surface area contributed by atoms with Crippen molar-refractivity contribution in [2.24, 2.45) is 0 Å². The molecule has 0 radical (unpaired) electrons. The van der Waals surface area contributed by atoms with Crippen LogP contribution >= 0.6 is 0 Å². The summed E-state index contributed by atoms with van der Waals surface area (Å²) < 4.78 is 0. The molecule has 0 saturated heterocycles. The van der Waals surface area contributed by atoms with Gasteiger partial charge in [0.15, 0.2) is 0 Å². The van der Waals surface area contributed by atoms with E-state index >= 15 is 0 Å². The van der Waals surface area contributed by atoms with Crippen molar-refractivity contribution in [3.63, 3.8) is 0 Å². The molecule has 0 aliphatic carbocycles. The average Bonchev–Trinajstić information content (AvgIpc) is 2.89. The second kappa shape index (κ2) is 4.01. The van der Waals surface area contributed by atoms with Crippen molar-refractivity contribution in [2.45, 2.75) is 20.3 Å². The van der Waals surface area contributed by atoms with Crippen LogP contribution in [0.3, 0.4) is 0 Å². The summed E-state index contributed by atoms with van der Waals surface area (Å²) in [6.07, 6.45) is 3.40. The first kappa shape index (κ1) is 12.0. The number of nitrogens with zero attached hydrogens (tertiary/aromatic N) is 1. The Morgan fingerprint density at radius 1 is 0.818 bits per heavy atom. The van der Waals surface area contributed by atoms with Crippen LogP contribution in [0.15, 0.2) is 54.2 Å². The van der Waals surface area contributed by atoms with E-state index in [2.05, 4.69) is 73.4 Å². The van der Waals surface area contributed by atoms with Crippen LogP contribution in [0.2, 0.25) is 0 Å². The highest BCUT2D eigenvalue weighted by molar-refractivity contribution is 6.08. The monoisotopic (exact) mass is 283 g/mol. The fourth-order valence-electron chi connectivity index (χ4n) is 4.05. The molecule has 0 spiro atoms. The zero-order valence-electron chi connectivity index (χ0n) is 12.9. The first-order chi connectivity index (χ1) is 10.7. The molecule has 2 aliphatic heterocycles. The van der Waals surface area contributed by atoms with Crippen molar-refractivity contribution in [2.75, 3.05) is 4.90 Å². The van der Waals surface area contributed by atoms with Gasteiger partial charge in [-0.15, -0.1) is 0 Å². The van der Waals surface area contributed by atoms with Crippen molar-refractivity contribution in [3.8, 4) is 0 Å². The fourth-order valence-corrected chi connectivity index (χ4v) is 4.05. The predicted molar refractivity (Wildman–Crippen MR) is 93.7 cm³/mol. The van der Waals surface area contributed by atoms with E-state index in [1.807, 2.05) is 0 Å². The maximum atomic E-state index is 2.50. The average molecular weight is 283 g/mol. The summed E-state index contributed by atoms with van der Waals surface area (Å²) in [6, 6.07) is 17.8. The molecule has 0 saturated carbocycles. The lowest BCUT2D eigenvalue weighted by atomic mass is 9.95. The summed E-state index contributed by atoms with van der Waals surface area (Å²) in [5.41, 5.74) is 9.66. The molecule has 5 rings (SSSR count). The zero-order valence-corrected chi connectivity index (χ0v) is 12.9. The standard InChI is InChI=1S/C21H17N/c1-13-5-3-8-17-12-18-11-16-7-4-6-15-10-9-14(2)21(19(15)16)22(18)20(13)17/h3-11H,12H2,1-2H3. The molecular formula is C21H17N. The van der Waals surface area contributed by atoms with Gasteiger partial charge < -0.3 is 4.90 Å². The Balaban J connectivity index is 1.94. The van der Waals surface area contributed by atoms with Crippen LogP contribution in [-0.4, -0.2) is 0 Å². The fraction of sp³-hybridized carbons (Fsp3) is 0.143. The molecule has 0 aromatic heterocycles. The molecule has 0 bridgehead atoms. The predicted octanol–water partition coefficient (Wildman–Crippen LogP) is 5.51. The Kier molecular flexibility index (Phi) is 2.20. The molecule has 0 N–H and O–H groups in total. The second-order valence-corrected chi connectivity index (χ2v) is 6.41. The number of fused-ring (bicyclic) bond motifs is 4. The summed E-state index contributed by atoms with van der Waals surface area (Å²) in [5.74, 6) is 0. The van der Waals surface area contributed by atoms with E-state index < -0.39 is 0 Å². The third-order valence-electron chi connectivity index (χ3n) is 5.00. The number of hydrogen-bond donors (Lipinski definition) is 0. The van der Waals surface area contributed by atoms with Crippen LogP contribution < -0.4 is 4.90 Å². The second-order valence-electron chi connectivity index (χ2n) is 6.41. The third kappa shape index (κ3) is 1.38. The van der Waals surface area contributed by atoms with Crippen LogP contribution in [0.5, 0.6) is 0 Å². The lowest BCUT2D eigenvalue weighted by molar-refractivity contribution is 1.15. The molecule has 2 aliphatic rings. The molecule has 3 aromatic carbocycles. The molecule has 106 valence electrons. The molecule has 2 heterocycles. The van der Waals surface area contributed by atoms with E-state index in [9.17, 15) is 0 Å². The van der Waals surface area contributed by atoms with Crippen molar-refractivity contribution in [3.05, 3.63) is 76.5 Å². The quantitative estimate of drug-likeness (QED) is 0.526. The van der Waals surface area contributed by atoms with Gasteiger partial charge in [-0.05, 0) is 47.6 Å². The Morgan fingerprint density at radius 2 is 1.64 bits per heavy atom. The van der Waals surface area contributed by atoms with Crippen LogP contribution in [0.4, 0.5) is 11.4 Å². The number of rotatable bonds is 0. The van der Waals surface area contributed by atoms with Gasteiger partial charge in [0, 0.05) is 17.5 Å². The van der Waals surface area contributed by atoms with Gasteiger partial charge in [-0.2, -0.15) is 0 Å². The molecular weight excluding hydrogens is 266 g/mol. The van der Waals surface area contributed by atoms with Gasteiger partial charge in [0.05, 0.1) is 11.4 Å². The van der Waals surface area contributed by atoms with Crippen LogP contribution in [0.1, 0.15) is 22.3 Å². The van der Waals surface area contributed by atoms with E-state index in [0.29, 0.717) is 0 Å². The summed E-state index contributed by atoms with van der Waals surface area (Å²) in [6.45, 7) is 4.45. The van der Waals surface area contributed by atoms with Crippen molar-refractivity contribution in [1.29, 1.82) is 0 Å². The third-order valence-corrected chi connectivity index (χ3v) is 5.00. The van der Waals surface area contributed by atoms with Crippen LogP contribution in [0, 0.1) is 13.8 Å². The summed E-state index contributed by atoms with van der Waals surface area (Å²) in [5, 5.41) is 2.72. The summed E-state index contributed by atoms with van der Waals surface area (Å²) in [4.78, 5) is 2.50. The minimum absolute atomic E-state index is 1.03. The van der Waals surface area contributed by atoms with Gasteiger partial charge in [0.25, 0.3) is 0 Å². The van der Waals surface area contributed by atoms with Gasteiger partial charge in [0.1, 0.15) is 0 Å². The molecule has 22 heavy (non-hydrogen) atoms. The van der Waals surface area contributed by atoms with Crippen molar-refractivity contribution >= 4 is 28.2 Å². The largest absolute Gasteiger partial charge is 0.312 e. The number of hydrogen-bond acceptors (Lipinski definition) is 1. The maximum Gasteiger partial charge on any atom is 0.0572 e. The molecule has 0 unspecified atom stereocenters. The Morgan fingerprint density at radius 3 is 2.55 bits per heavy atom. The van der Waals surface area contributed by atoms with Gasteiger partial charge in [-0.1, -0.05) is 48.5 Å². The Bertz CT molecular complexity index is 979. The van der Waals surface area contributed by atoms with Crippen LogP contribution in [-0.2, 0) is 6.42 Å². The van der Waals surface area contributed by atoms with Gasteiger partial charge in [0.2, 0.25) is 0 Å². The smallest absolute Gasteiger partial charge is 0.0572 e.